The summed E-state index contributed by atoms with van der Waals surface area (Å²) in [6, 6.07) is 11.4. The van der Waals surface area contributed by atoms with Gasteiger partial charge in [-0.2, -0.15) is 4.98 Å². The van der Waals surface area contributed by atoms with Crippen molar-refractivity contribution in [3.8, 4) is 0 Å². The molecule has 0 spiro atoms. The molecule has 1 aromatic carbocycles. The van der Waals surface area contributed by atoms with E-state index in [2.05, 4.69) is 33.8 Å². The Kier molecular flexibility index (Phi) is 6.93. The molecule has 0 amide bonds. The van der Waals surface area contributed by atoms with Gasteiger partial charge in [0, 0.05) is 17.8 Å². The predicted molar refractivity (Wildman–Crippen MR) is 112 cm³/mol. The fraction of sp³-hybridized carbons (Fsp3) is 0.455. The van der Waals surface area contributed by atoms with Gasteiger partial charge in [-0.15, -0.1) is 5.10 Å². The molecule has 0 saturated heterocycles. The van der Waals surface area contributed by atoms with Crippen molar-refractivity contribution in [2.45, 2.75) is 46.6 Å². The largest absolute Gasteiger partial charge is 0.464 e. The van der Waals surface area contributed by atoms with E-state index in [0.29, 0.717) is 31.1 Å². The van der Waals surface area contributed by atoms with Crippen LogP contribution >= 0.6 is 0 Å². The van der Waals surface area contributed by atoms with Crippen LogP contribution in [-0.4, -0.2) is 50.1 Å². The quantitative estimate of drug-likeness (QED) is 0.409. The van der Waals surface area contributed by atoms with Crippen LogP contribution in [0.15, 0.2) is 36.4 Å². The van der Waals surface area contributed by atoms with E-state index in [4.69, 9.17) is 4.74 Å². The summed E-state index contributed by atoms with van der Waals surface area (Å²) in [5.41, 5.74) is 2.88. The van der Waals surface area contributed by atoms with Gasteiger partial charge in [0.25, 0.3) is 5.78 Å². The Bertz CT molecular complexity index is 950. The zero-order chi connectivity index (χ0) is 20.8. The summed E-state index contributed by atoms with van der Waals surface area (Å²) in [6.07, 6.45) is 1.30. The van der Waals surface area contributed by atoms with Crippen LogP contribution in [-0.2, 0) is 16.0 Å². The third-order valence-electron chi connectivity index (χ3n) is 4.97. The average molecular weight is 396 g/mol. The van der Waals surface area contributed by atoms with Gasteiger partial charge in [-0.25, -0.2) is 14.3 Å². The molecule has 1 unspecified atom stereocenters. The van der Waals surface area contributed by atoms with Gasteiger partial charge in [0.05, 0.1) is 6.61 Å². The third kappa shape index (κ3) is 4.98. The Morgan fingerprint density at radius 2 is 1.86 bits per heavy atom. The number of likely N-dealkylation sites (N-methyl/N-ethyl adjacent to an activating group) is 1. The number of hydrogen-bond donors (Lipinski definition) is 0. The van der Waals surface area contributed by atoms with Gasteiger partial charge in [0.2, 0.25) is 0 Å². The number of hydrogen-bond acceptors (Lipinski definition) is 6. The maximum atomic E-state index is 12.8. The van der Waals surface area contributed by atoms with Crippen LogP contribution in [0.4, 0.5) is 0 Å². The van der Waals surface area contributed by atoms with Crippen molar-refractivity contribution < 1.29 is 9.53 Å². The number of aryl methyl sites for hydroxylation is 3. The van der Waals surface area contributed by atoms with Gasteiger partial charge in [0.15, 0.2) is 5.82 Å². The van der Waals surface area contributed by atoms with Crippen molar-refractivity contribution in [3.63, 3.8) is 0 Å². The average Bonchev–Trinajstić information content (AvgIpc) is 3.13. The maximum Gasteiger partial charge on any atom is 0.328 e. The van der Waals surface area contributed by atoms with Gasteiger partial charge in [-0.05, 0) is 45.0 Å². The zero-order valence-electron chi connectivity index (χ0n) is 17.6. The lowest BCUT2D eigenvalue weighted by Gasteiger charge is -2.28. The topological polar surface area (TPSA) is 72.6 Å². The molecule has 0 bridgehead atoms. The van der Waals surface area contributed by atoms with Crippen LogP contribution in [0, 0.1) is 13.8 Å². The van der Waals surface area contributed by atoms with E-state index in [0.717, 1.165) is 30.0 Å². The van der Waals surface area contributed by atoms with Crippen molar-refractivity contribution in [1.29, 1.82) is 0 Å². The maximum absolute atomic E-state index is 12.8. The number of fused-ring (bicyclic) bond motifs is 1. The number of rotatable bonds is 9. The fourth-order valence-electron chi connectivity index (χ4n) is 3.52. The Balaban J connectivity index is 1.60. The molecule has 0 radical (unpaired) electrons. The number of benzene rings is 1. The second-order valence-electron chi connectivity index (χ2n) is 7.08. The molecule has 1 atom stereocenters. The minimum atomic E-state index is -0.380. The molecule has 0 N–H and O–H groups in total. The van der Waals surface area contributed by atoms with E-state index in [9.17, 15) is 4.79 Å². The van der Waals surface area contributed by atoms with Crippen LogP contribution in [0.3, 0.4) is 0 Å². The highest BCUT2D eigenvalue weighted by atomic mass is 16.5. The predicted octanol–water partition coefficient (Wildman–Crippen LogP) is 3.30. The third-order valence-corrected chi connectivity index (χ3v) is 4.97. The summed E-state index contributed by atoms with van der Waals surface area (Å²) < 4.78 is 7.37. The number of ether oxygens (including phenoxy) is 1. The number of carbonyl (C=O) groups excluding carboxylic acids is 1. The van der Waals surface area contributed by atoms with E-state index >= 15 is 0 Å². The van der Waals surface area contributed by atoms with Crippen LogP contribution < -0.4 is 0 Å². The van der Waals surface area contributed by atoms with Crippen LogP contribution in [0.2, 0.25) is 0 Å². The van der Waals surface area contributed by atoms with Gasteiger partial charge >= 0.3 is 5.97 Å². The van der Waals surface area contributed by atoms with Crippen LogP contribution in [0.5, 0.6) is 0 Å². The summed E-state index contributed by atoms with van der Waals surface area (Å²) in [7, 11) is 0. The molecule has 2 aromatic heterocycles. The lowest BCUT2D eigenvalue weighted by molar-refractivity contribution is -0.150. The molecule has 2 heterocycles. The molecule has 29 heavy (non-hydrogen) atoms. The first-order valence-electron chi connectivity index (χ1n) is 10.2. The van der Waals surface area contributed by atoms with E-state index < -0.39 is 0 Å². The van der Waals surface area contributed by atoms with Crippen molar-refractivity contribution >= 4 is 11.7 Å². The number of nitrogens with zero attached hydrogens (tertiary/aromatic N) is 5. The minimum absolute atomic E-state index is 0.212. The summed E-state index contributed by atoms with van der Waals surface area (Å²) in [5.74, 6) is 1.11. The first kappa shape index (κ1) is 20.9. The summed E-state index contributed by atoms with van der Waals surface area (Å²) in [5, 5.41) is 4.50. The summed E-state index contributed by atoms with van der Waals surface area (Å²) in [4.78, 5) is 23.8. The molecule has 3 aromatic rings. The molecular weight excluding hydrogens is 366 g/mol. The standard InChI is InChI=1S/C22H29N5O2/c1-5-26(6-2)20(18-11-8-7-9-12-18)21(28)29-14-10-13-19-24-22-23-16(3)15-17(4)27(22)25-19/h7-9,11-12,15,20H,5-6,10,13-14H2,1-4H3. The molecule has 0 aliphatic rings. The summed E-state index contributed by atoms with van der Waals surface area (Å²) >= 11 is 0. The Labute approximate surface area is 171 Å². The SMILES string of the molecule is CCN(CC)C(C(=O)OCCCc1nc2nc(C)cc(C)n2n1)c1ccccc1. The van der Waals surface area contributed by atoms with Crippen LogP contribution in [0.1, 0.15) is 49.1 Å². The van der Waals surface area contributed by atoms with E-state index in [1.807, 2.05) is 50.2 Å². The molecule has 0 aliphatic heterocycles. The van der Waals surface area contributed by atoms with Crippen molar-refractivity contribution in [2.75, 3.05) is 19.7 Å². The molecule has 0 fully saturated rings. The number of aromatic nitrogens is 4. The lowest BCUT2D eigenvalue weighted by atomic mass is 10.1. The fourth-order valence-corrected chi connectivity index (χ4v) is 3.52. The van der Waals surface area contributed by atoms with Crippen molar-refractivity contribution in [3.05, 3.63) is 59.2 Å². The molecular formula is C22H29N5O2. The Morgan fingerprint density at radius 1 is 1.14 bits per heavy atom. The molecule has 7 nitrogen and oxygen atoms in total. The highest BCUT2D eigenvalue weighted by Gasteiger charge is 2.27. The number of esters is 1. The highest BCUT2D eigenvalue weighted by Crippen LogP contribution is 2.22. The first-order chi connectivity index (χ1) is 14.0. The van der Waals surface area contributed by atoms with Gasteiger partial charge in [-0.1, -0.05) is 44.2 Å². The molecule has 7 heteroatoms. The normalized spacial score (nSPS) is 12.4. The second kappa shape index (κ2) is 9.60. The van der Waals surface area contributed by atoms with E-state index in [-0.39, 0.29) is 12.0 Å². The highest BCUT2D eigenvalue weighted by molar-refractivity contribution is 5.77. The van der Waals surface area contributed by atoms with Crippen molar-refractivity contribution in [1.82, 2.24) is 24.5 Å². The first-order valence-corrected chi connectivity index (χ1v) is 10.2. The molecule has 0 saturated carbocycles. The molecule has 0 aliphatic carbocycles. The zero-order valence-corrected chi connectivity index (χ0v) is 17.6. The smallest absolute Gasteiger partial charge is 0.328 e. The number of carbonyl (C=O) groups is 1. The Morgan fingerprint density at radius 3 is 2.55 bits per heavy atom. The molecule has 3 rings (SSSR count). The van der Waals surface area contributed by atoms with E-state index in [1.165, 1.54) is 0 Å². The minimum Gasteiger partial charge on any atom is -0.464 e. The van der Waals surface area contributed by atoms with Gasteiger partial charge < -0.3 is 4.74 Å². The van der Waals surface area contributed by atoms with Crippen LogP contribution in [0.25, 0.3) is 5.78 Å². The second-order valence-corrected chi connectivity index (χ2v) is 7.08. The monoisotopic (exact) mass is 395 g/mol. The molecule has 154 valence electrons. The van der Waals surface area contributed by atoms with Crippen molar-refractivity contribution in [2.24, 2.45) is 0 Å². The summed E-state index contributed by atoms with van der Waals surface area (Å²) in [6.45, 7) is 9.94. The Hall–Kier alpha value is -2.80. The van der Waals surface area contributed by atoms with Gasteiger partial charge in [-0.3, -0.25) is 4.90 Å². The van der Waals surface area contributed by atoms with Gasteiger partial charge in [0.1, 0.15) is 6.04 Å². The lowest BCUT2D eigenvalue weighted by Crippen LogP contribution is -2.35. The van der Waals surface area contributed by atoms with E-state index in [1.54, 1.807) is 4.52 Å².